The monoisotopic (exact) mass is 205 g/mol. The molecule has 0 aliphatic carbocycles. The average Bonchev–Trinajstić information content (AvgIpc) is 2.74. The second-order valence-corrected chi connectivity index (χ2v) is 2.82. The van der Waals surface area contributed by atoms with Crippen molar-refractivity contribution >= 4 is 17.2 Å². The van der Waals surface area contributed by atoms with Crippen LogP contribution in [0, 0.1) is 0 Å². The van der Waals surface area contributed by atoms with E-state index < -0.39 is 0 Å². The number of aromatic nitrogens is 3. The number of rotatable bonds is 4. The van der Waals surface area contributed by atoms with Gasteiger partial charge in [0.2, 0.25) is 0 Å². The van der Waals surface area contributed by atoms with Crippen molar-refractivity contribution in [3.05, 3.63) is 30.7 Å². The summed E-state index contributed by atoms with van der Waals surface area (Å²) in [5.74, 6) is 0.806. The van der Waals surface area contributed by atoms with Gasteiger partial charge >= 0.3 is 0 Å². The van der Waals surface area contributed by atoms with Gasteiger partial charge in [-0.05, 0) is 6.07 Å². The number of H-pyrrole nitrogens is 1. The number of aromatic amines is 1. The molecule has 2 aromatic rings. The third-order valence-corrected chi connectivity index (χ3v) is 1.80. The first kappa shape index (κ1) is 9.47. The zero-order valence-electron chi connectivity index (χ0n) is 8.19. The molecule has 0 radical (unpaired) electrons. The molecule has 0 atom stereocenters. The largest absolute Gasteiger partial charge is 0.339 e. The summed E-state index contributed by atoms with van der Waals surface area (Å²) < 4.78 is 0. The summed E-state index contributed by atoms with van der Waals surface area (Å²) in [6, 6.07) is 3.67. The highest BCUT2D eigenvalue weighted by Crippen LogP contribution is 2.22. The van der Waals surface area contributed by atoms with Crippen molar-refractivity contribution in [2.45, 2.75) is 0 Å². The summed E-state index contributed by atoms with van der Waals surface area (Å²) in [4.78, 5) is 8.82. The van der Waals surface area contributed by atoms with Gasteiger partial charge in [-0.15, -0.1) is 0 Å². The van der Waals surface area contributed by atoms with Crippen LogP contribution < -0.4 is 10.8 Å². The number of pyridine rings is 1. The molecule has 2 rings (SSSR count). The van der Waals surface area contributed by atoms with E-state index in [-0.39, 0.29) is 0 Å². The molecule has 3 N–H and O–H groups in total. The molecule has 0 aliphatic heterocycles. The summed E-state index contributed by atoms with van der Waals surface area (Å²) in [7, 11) is 1.55. The van der Waals surface area contributed by atoms with E-state index in [0.717, 1.165) is 17.2 Å². The molecule has 15 heavy (non-hydrogen) atoms. The van der Waals surface area contributed by atoms with Crippen molar-refractivity contribution in [1.82, 2.24) is 15.2 Å². The van der Waals surface area contributed by atoms with Gasteiger partial charge in [-0.2, -0.15) is 5.10 Å². The molecule has 0 saturated heterocycles. The fourth-order valence-electron chi connectivity index (χ4n) is 1.17. The van der Waals surface area contributed by atoms with Gasteiger partial charge in [0.15, 0.2) is 0 Å². The number of nitrogens with one attached hydrogen (secondary N) is 3. The Bertz CT molecular complexity index is 414. The summed E-state index contributed by atoms with van der Waals surface area (Å²) in [5.41, 5.74) is 4.35. The van der Waals surface area contributed by atoms with Crippen LogP contribution in [-0.2, 0) is 4.84 Å². The second-order valence-electron chi connectivity index (χ2n) is 2.82. The Labute approximate surface area is 86.6 Å². The number of anilines is 3. The van der Waals surface area contributed by atoms with Crippen molar-refractivity contribution in [2.24, 2.45) is 0 Å². The third kappa shape index (κ3) is 2.23. The lowest BCUT2D eigenvalue weighted by Crippen LogP contribution is -2.01. The molecule has 0 aromatic carbocycles. The summed E-state index contributed by atoms with van der Waals surface area (Å²) >= 11 is 0. The van der Waals surface area contributed by atoms with Crippen LogP contribution in [0.4, 0.5) is 17.2 Å². The fourth-order valence-corrected chi connectivity index (χ4v) is 1.17. The first-order chi connectivity index (χ1) is 7.40. The van der Waals surface area contributed by atoms with Gasteiger partial charge < -0.3 is 5.32 Å². The molecular weight excluding hydrogens is 194 g/mol. The van der Waals surface area contributed by atoms with Crippen molar-refractivity contribution in [3.63, 3.8) is 0 Å². The Morgan fingerprint density at radius 2 is 2.20 bits per heavy atom. The van der Waals surface area contributed by atoms with E-state index in [1.807, 2.05) is 12.1 Å². The van der Waals surface area contributed by atoms with Crippen LogP contribution in [0.2, 0.25) is 0 Å². The smallest absolute Gasteiger partial charge is 0.125 e. The molecule has 0 bridgehead atoms. The van der Waals surface area contributed by atoms with Gasteiger partial charge in [-0.3, -0.25) is 20.4 Å². The van der Waals surface area contributed by atoms with Crippen LogP contribution in [-0.4, -0.2) is 22.3 Å². The molecule has 0 amide bonds. The minimum atomic E-state index is 0.759. The lowest BCUT2D eigenvalue weighted by molar-refractivity contribution is 0.271. The van der Waals surface area contributed by atoms with Crippen LogP contribution in [0.25, 0.3) is 0 Å². The number of hydrogen-bond acceptors (Lipinski definition) is 5. The predicted molar refractivity (Wildman–Crippen MR) is 56.7 cm³/mol. The third-order valence-electron chi connectivity index (χ3n) is 1.80. The van der Waals surface area contributed by atoms with Crippen LogP contribution >= 0.6 is 0 Å². The molecule has 78 valence electrons. The minimum absolute atomic E-state index is 0.759. The molecule has 2 heterocycles. The molecule has 0 aliphatic rings. The Morgan fingerprint density at radius 3 is 2.93 bits per heavy atom. The van der Waals surface area contributed by atoms with E-state index in [9.17, 15) is 0 Å². The molecule has 2 aromatic heterocycles. The van der Waals surface area contributed by atoms with E-state index in [4.69, 9.17) is 4.84 Å². The zero-order valence-corrected chi connectivity index (χ0v) is 8.19. The Hall–Kier alpha value is -2.08. The summed E-state index contributed by atoms with van der Waals surface area (Å²) in [6.07, 6.45) is 5.04. The lowest BCUT2D eigenvalue weighted by atomic mass is 10.3. The maximum atomic E-state index is 4.83. The standard InChI is InChI=1S/C9H11N5O/c1-15-14-8-6-10-4-2-7(8)12-9-3-5-11-13-9/h2-6,14H,1H3,(H2,10,11,12,13). The van der Waals surface area contributed by atoms with Gasteiger partial charge in [-0.25, -0.2) is 0 Å². The molecule has 0 fully saturated rings. The Morgan fingerprint density at radius 1 is 1.27 bits per heavy atom. The molecule has 6 heteroatoms. The number of hydrogen-bond donors (Lipinski definition) is 3. The topological polar surface area (TPSA) is 74.9 Å². The molecule has 0 unspecified atom stereocenters. The quantitative estimate of drug-likeness (QED) is 0.660. The molecule has 6 nitrogen and oxygen atoms in total. The summed E-state index contributed by atoms with van der Waals surface area (Å²) in [5, 5.41) is 9.78. The highest BCUT2D eigenvalue weighted by molar-refractivity contribution is 5.71. The lowest BCUT2D eigenvalue weighted by Gasteiger charge is -2.09. The van der Waals surface area contributed by atoms with E-state index in [1.54, 1.807) is 25.7 Å². The first-order valence-electron chi connectivity index (χ1n) is 4.39. The van der Waals surface area contributed by atoms with Crippen LogP contribution in [0.5, 0.6) is 0 Å². The van der Waals surface area contributed by atoms with Crippen molar-refractivity contribution in [3.8, 4) is 0 Å². The normalized spacial score (nSPS) is 9.93. The van der Waals surface area contributed by atoms with E-state index in [2.05, 4.69) is 26.0 Å². The van der Waals surface area contributed by atoms with Crippen LogP contribution in [0.1, 0.15) is 0 Å². The number of nitrogens with zero attached hydrogens (tertiary/aromatic N) is 2. The van der Waals surface area contributed by atoms with Crippen LogP contribution in [0.3, 0.4) is 0 Å². The van der Waals surface area contributed by atoms with Crippen molar-refractivity contribution in [2.75, 3.05) is 17.9 Å². The highest BCUT2D eigenvalue weighted by atomic mass is 16.6. The Kier molecular flexibility index (Phi) is 2.80. The predicted octanol–water partition coefficient (Wildman–Crippen LogP) is 1.52. The zero-order chi connectivity index (χ0) is 10.5. The highest BCUT2D eigenvalue weighted by Gasteiger charge is 2.02. The van der Waals surface area contributed by atoms with Crippen molar-refractivity contribution in [1.29, 1.82) is 0 Å². The van der Waals surface area contributed by atoms with Gasteiger partial charge in [0.25, 0.3) is 0 Å². The minimum Gasteiger partial charge on any atom is -0.339 e. The van der Waals surface area contributed by atoms with Gasteiger partial charge in [0.1, 0.15) is 11.5 Å². The molecule has 0 saturated carbocycles. The maximum Gasteiger partial charge on any atom is 0.125 e. The van der Waals surface area contributed by atoms with E-state index >= 15 is 0 Å². The first-order valence-corrected chi connectivity index (χ1v) is 4.39. The van der Waals surface area contributed by atoms with Crippen molar-refractivity contribution < 1.29 is 4.84 Å². The average molecular weight is 205 g/mol. The second kappa shape index (κ2) is 4.43. The van der Waals surface area contributed by atoms with E-state index in [1.165, 1.54) is 0 Å². The van der Waals surface area contributed by atoms with Crippen LogP contribution in [0.15, 0.2) is 30.7 Å². The van der Waals surface area contributed by atoms with Gasteiger partial charge in [0.05, 0.1) is 25.2 Å². The molecular formula is C9H11N5O. The summed E-state index contributed by atoms with van der Waals surface area (Å²) in [6.45, 7) is 0. The Balaban J connectivity index is 2.20. The maximum absolute atomic E-state index is 4.83. The molecule has 0 spiro atoms. The fraction of sp³-hybridized carbons (Fsp3) is 0.111. The SMILES string of the molecule is CONc1cnccc1Nc1ccn[nH]1. The van der Waals surface area contributed by atoms with Gasteiger partial charge in [-0.1, -0.05) is 0 Å². The van der Waals surface area contributed by atoms with E-state index in [0.29, 0.717) is 0 Å². The van der Waals surface area contributed by atoms with Gasteiger partial charge in [0, 0.05) is 12.3 Å².